The first kappa shape index (κ1) is 11.5. The summed E-state index contributed by atoms with van der Waals surface area (Å²) in [6.07, 6.45) is 1.12. The Kier molecular flexibility index (Phi) is 3.95. The summed E-state index contributed by atoms with van der Waals surface area (Å²) in [4.78, 5) is 0. The molecule has 14 heavy (non-hydrogen) atoms. The van der Waals surface area contributed by atoms with Crippen molar-refractivity contribution in [1.82, 2.24) is 10.2 Å². The fourth-order valence-corrected chi connectivity index (χ4v) is 1.97. The van der Waals surface area contributed by atoms with Gasteiger partial charge in [-0.2, -0.15) is 0 Å². The van der Waals surface area contributed by atoms with Gasteiger partial charge in [-0.15, -0.1) is 10.2 Å². The average Bonchev–Trinajstić information content (AvgIpc) is 2.50. The molecule has 1 aromatic heterocycles. The molecule has 0 aliphatic carbocycles. The van der Waals surface area contributed by atoms with Gasteiger partial charge in [-0.1, -0.05) is 32.5 Å². The highest BCUT2D eigenvalue weighted by molar-refractivity contribution is 7.99. The Morgan fingerprint density at radius 3 is 2.57 bits per heavy atom. The predicted octanol–water partition coefficient (Wildman–Crippen LogP) is 2.06. The molecule has 1 aromatic rings. The van der Waals surface area contributed by atoms with Gasteiger partial charge in [0.25, 0.3) is 5.22 Å². The van der Waals surface area contributed by atoms with E-state index in [1.807, 2.05) is 0 Å². The highest BCUT2D eigenvalue weighted by Crippen LogP contribution is 2.24. The van der Waals surface area contributed by atoms with E-state index in [9.17, 15) is 0 Å². The van der Waals surface area contributed by atoms with Crippen molar-refractivity contribution in [2.75, 3.05) is 5.75 Å². The molecule has 0 aliphatic heterocycles. The molecule has 0 aromatic carbocycles. The topological polar surface area (TPSA) is 64.9 Å². The van der Waals surface area contributed by atoms with Crippen LogP contribution in [0, 0.1) is 5.41 Å². The molecule has 0 radical (unpaired) electrons. The lowest BCUT2D eigenvalue weighted by atomic mass is 9.94. The van der Waals surface area contributed by atoms with Crippen molar-refractivity contribution in [1.29, 1.82) is 0 Å². The maximum atomic E-state index is 5.36. The molecule has 1 rings (SSSR count). The standard InChI is InChI=1S/C9H17N3OS/c1-9(2,3)4-5-14-8-12-11-7(6-10)13-8/h4-6,10H2,1-3H3. The first-order valence-electron chi connectivity index (χ1n) is 4.66. The molecule has 0 unspecified atom stereocenters. The predicted molar refractivity (Wildman–Crippen MR) is 57.0 cm³/mol. The van der Waals surface area contributed by atoms with Gasteiger partial charge in [-0.3, -0.25) is 0 Å². The smallest absolute Gasteiger partial charge is 0.276 e. The van der Waals surface area contributed by atoms with Crippen molar-refractivity contribution in [3.63, 3.8) is 0 Å². The van der Waals surface area contributed by atoms with Crippen LogP contribution in [-0.4, -0.2) is 16.0 Å². The van der Waals surface area contributed by atoms with Crippen molar-refractivity contribution in [3.8, 4) is 0 Å². The Balaban J connectivity index is 2.31. The number of nitrogens with zero attached hydrogens (tertiary/aromatic N) is 2. The third kappa shape index (κ3) is 4.11. The molecule has 0 atom stereocenters. The Hall–Kier alpha value is -0.550. The fourth-order valence-electron chi connectivity index (χ4n) is 0.824. The number of thioether (sulfide) groups is 1. The van der Waals surface area contributed by atoms with Crippen LogP contribution in [0.3, 0.4) is 0 Å². The minimum atomic E-state index is 0.312. The van der Waals surface area contributed by atoms with E-state index >= 15 is 0 Å². The van der Waals surface area contributed by atoms with Gasteiger partial charge in [0.05, 0.1) is 6.54 Å². The lowest BCUT2D eigenvalue weighted by molar-refractivity contribution is 0.397. The van der Waals surface area contributed by atoms with Crippen LogP contribution in [-0.2, 0) is 6.54 Å². The van der Waals surface area contributed by atoms with Crippen LogP contribution in [0.25, 0.3) is 0 Å². The zero-order valence-electron chi connectivity index (χ0n) is 8.91. The van der Waals surface area contributed by atoms with Gasteiger partial charge in [0.15, 0.2) is 0 Å². The van der Waals surface area contributed by atoms with E-state index in [4.69, 9.17) is 10.2 Å². The number of nitrogens with two attached hydrogens (primary N) is 1. The van der Waals surface area contributed by atoms with Gasteiger partial charge < -0.3 is 10.2 Å². The molecule has 0 fully saturated rings. The maximum Gasteiger partial charge on any atom is 0.276 e. The van der Waals surface area contributed by atoms with E-state index in [1.165, 1.54) is 0 Å². The minimum Gasteiger partial charge on any atom is -0.415 e. The molecule has 0 saturated carbocycles. The highest BCUT2D eigenvalue weighted by atomic mass is 32.2. The SMILES string of the molecule is CC(C)(C)CCSc1nnc(CN)o1. The number of rotatable bonds is 4. The summed E-state index contributed by atoms with van der Waals surface area (Å²) in [7, 11) is 0. The van der Waals surface area contributed by atoms with E-state index in [2.05, 4.69) is 31.0 Å². The zero-order chi connectivity index (χ0) is 10.6. The lowest BCUT2D eigenvalue weighted by Crippen LogP contribution is -2.05. The Bertz CT molecular complexity index is 280. The summed E-state index contributed by atoms with van der Waals surface area (Å²) in [5.41, 5.74) is 5.71. The van der Waals surface area contributed by atoms with Crippen molar-refractivity contribution in [2.24, 2.45) is 11.1 Å². The van der Waals surface area contributed by atoms with Crippen LogP contribution in [0.1, 0.15) is 33.1 Å². The third-order valence-electron chi connectivity index (χ3n) is 1.70. The maximum absolute atomic E-state index is 5.36. The van der Waals surface area contributed by atoms with Crippen LogP contribution in [0.2, 0.25) is 0 Å². The fraction of sp³-hybridized carbons (Fsp3) is 0.778. The average molecular weight is 215 g/mol. The van der Waals surface area contributed by atoms with E-state index in [0.29, 0.717) is 23.1 Å². The molecule has 5 heteroatoms. The normalized spacial score (nSPS) is 12.0. The van der Waals surface area contributed by atoms with Crippen LogP contribution in [0.5, 0.6) is 0 Å². The summed E-state index contributed by atoms with van der Waals surface area (Å²) in [6, 6.07) is 0. The Morgan fingerprint density at radius 2 is 2.07 bits per heavy atom. The summed E-state index contributed by atoms with van der Waals surface area (Å²) in [5.74, 6) is 1.50. The minimum absolute atomic E-state index is 0.312. The lowest BCUT2D eigenvalue weighted by Gasteiger charge is -2.16. The van der Waals surface area contributed by atoms with Gasteiger partial charge in [0, 0.05) is 5.75 Å². The second-order valence-corrected chi connectivity index (χ2v) is 5.37. The second kappa shape index (κ2) is 4.79. The van der Waals surface area contributed by atoms with Gasteiger partial charge in [-0.25, -0.2) is 0 Å². The molecule has 1 heterocycles. The quantitative estimate of drug-likeness (QED) is 0.779. The van der Waals surface area contributed by atoms with Gasteiger partial charge in [0.2, 0.25) is 5.89 Å². The first-order valence-corrected chi connectivity index (χ1v) is 5.65. The van der Waals surface area contributed by atoms with Gasteiger partial charge in [0.1, 0.15) is 0 Å². The molecule has 0 bridgehead atoms. The second-order valence-electron chi connectivity index (χ2n) is 4.32. The summed E-state index contributed by atoms with van der Waals surface area (Å²) in [5, 5.41) is 8.28. The summed E-state index contributed by atoms with van der Waals surface area (Å²) >= 11 is 1.59. The summed E-state index contributed by atoms with van der Waals surface area (Å²) in [6.45, 7) is 6.96. The Morgan fingerprint density at radius 1 is 1.36 bits per heavy atom. The van der Waals surface area contributed by atoms with Crippen molar-refractivity contribution >= 4 is 11.8 Å². The van der Waals surface area contributed by atoms with Crippen molar-refractivity contribution in [3.05, 3.63) is 5.89 Å². The molecule has 4 nitrogen and oxygen atoms in total. The highest BCUT2D eigenvalue weighted by Gasteiger charge is 2.11. The van der Waals surface area contributed by atoms with Crippen LogP contribution in [0.4, 0.5) is 0 Å². The Labute approximate surface area is 88.7 Å². The molecule has 0 saturated heterocycles. The van der Waals surface area contributed by atoms with E-state index in [0.717, 1.165) is 12.2 Å². The van der Waals surface area contributed by atoms with E-state index < -0.39 is 0 Å². The van der Waals surface area contributed by atoms with Crippen molar-refractivity contribution < 1.29 is 4.42 Å². The van der Waals surface area contributed by atoms with Crippen LogP contribution < -0.4 is 5.73 Å². The largest absolute Gasteiger partial charge is 0.415 e. The molecule has 0 spiro atoms. The first-order chi connectivity index (χ1) is 6.51. The number of aromatic nitrogens is 2. The van der Waals surface area contributed by atoms with Gasteiger partial charge in [-0.05, 0) is 11.8 Å². The molecular formula is C9H17N3OS. The molecule has 0 amide bonds. The van der Waals surface area contributed by atoms with E-state index in [-0.39, 0.29) is 0 Å². The van der Waals surface area contributed by atoms with Crippen LogP contribution >= 0.6 is 11.8 Å². The monoisotopic (exact) mass is 215 g/mol. The van der Waals surface area contributed by atoms with E-state index in [1.54, 1.807) is 11.8 Å². The molecule has 0 aliphatic rings. The third-order valence-corrected chi connectivity index (χ3v) is 2.52. The number of hydrogen-bond acceptors (Lipinski definition) is 5. The summed E-state index contributed by atoms with van der Waals surface area (Å²) < 4.78 is 5.26. The molecule has 80 valence electrons. The van der Waals surface area contributed by atoms with Gasteiger partial charge >= 0.3 is 0 Å². The zero-order valence-corrected chi connectivity index (χ0v) is 9.73. The molecule has 2 N–H and O–H groups in total. The van der Waals surface area contributed by atoms with Crippen molar-refractivity contribution in [2.45, 2.75) is 39.0 Å². The van der Waals surface area contributed by atoms with Crippen LogP contribution in [0.15, 0.2) is 9.64 Å². The molecular weight excluding hydrogens is 198 g/mol. The number of hydrogen-bond donors (Lipinski definition) is 1.